The van der Waals surface area contributed by atoms with Gasteiger partial charge in [-0.1, -0.05) is 68.1 Å². The van der Waals surface area contributed by atoms with Gasteiger partial charge < -0.3 is 5.11 Å². The van der Waals surface area contributed by atoms with Crippen LogP contribution in [0.25, 0.3) is 11.6 Å². The number of rotatable bonds is 3. The molecule has 0 saturated heterocycles. The van der Waals surface area contributed by atoms with E-state index >= 15 is 0 Å². The van der Waals surface area contributed by atoms with Crippen molar-refractivity contribution in [3.8, 4) is 5.88 Å². The Morgan fingerprint density at radius 3 is 2.50 bits per heavy atom. The molecule has 5 heteroatoms. The monoisotopic (exact) mass is 421 g/mol. The van der Waals surface area contributed by atoms with Crippen molar-refractivity contribution in [2.45, 2.75) is 83.2 Å². The smallest absolute Gasteiger partial charge is 0.211 e. The summed E-state index contributed by atoms with van der Waals surface area (Å²) in [6.45, 7) is 2.05. The molecule has 2 aromatic rings. The van der Waals surface area contributed by atoms with Gasteiger partial charge in [-0.3, -0.25) is 14.6 Å². The van der Waals surface area contributed by atoms with Gasteiger partial charge in [-0.2, -0.15) is 0 Å². The molecule has 1 aromatic heterocycles. The summed E-state index contributed by atoms with van der Waals surface area (Å²) in [5.41, 5.74) is 4.29. The molecule has 30 heavy (non-hydrogen) atoms. The summed E-state index contributed by atoms with van der Waals surface area (Å²) in [4.78, 5) is 11.8. The first-order valence-electron chi connectivity index (χ1n) is 11.6. The third-order valence-corrected chi connectivity index (χ3v) is 7.82. The Morgan fingerprint density at radius 2 is 1.73 bits per heavy atom. The van der Waals surface area contributed by atoms with Gasteiger partial charge in [-0.05, 0) is 44.7 Å². The molecule has 0 atom stereocenters. The Bertz CT molecular complexity index is 1050. The molecule has 2 heterocycles. The molecule has 0 unspecified atom stereocenters. The van der Waals surface area contributed by atoms with Gasteiger partial charge in [0.1, 0.15) is 0 Å². The molecule has 2 fully saturated rings. The highest BCUT2D eigenvalue weighted by atomic mass is 32.1. The molecule has 3 aliphatic rings. The van der Waals surface area contributed by atoms with Gasteiger partial charge in [-0.25, -0.2) is 0 Å². The topological polar surface area (TPSA) is 49.9 Å². The molecule has 0 spiro atoms. The molecule has 0 amide bonds. The van der Waals surface area contributed by atoms with Crippen LogP contribution in [0, 0.1) is 0 Å². The molecule has 1 aromatic carbocycles. The SMILES string of the molecule is CC1=Nc2ccccc2C1=Cc1sc(=NC2CCCCC2)n(C2CCCCC2)c1O. The Morgan fingerprint density at radius 1 is 1.03 bits per heavy atom. The lowest BCUT2D eigenvalue weighted by Gasteiger charge is -2.24. The van der Waals surface area contributed by atoms with Crippen LogP contribution in [0.3, 0.4) is 0 Å². The molecule has 4 nitrogen and oxygen atoms in total. The summed E-state index contributed by atoms with van der Waals surface area (Å²) in [7, 11) is 0. The Labute approximate surface area is 182 Å². The predicted molar refractivity (Wildman–Crippen MR) is 126 cm³/mol. The second-order valence-electron chi connectivity index (χ2n) is 8.93. The van der Waals surface area contributed by atoms with E-state index in [0.717, 1.165) is 45.1 Å². The zero-order valence-electron chi connectivity index (χ0n) is 17.8. The number of benzene rings is 1. The van der Waals surface area contributed by atoms with Crippen molar-refractivity contribution < 1.29 is 5.11 Å². The standard InChI is InChI=1S/C25H31N3OS/c1-17-21(20-14-8-9-15-22(20)26-17)16-23-24(29)28(19-12-6-3-7-13-19)25(30-23)27-18-10-4-2-5-11-18/h8-9,14-16,18-19,29H,2-7,10-13H2,1H3. The zero-order valence-corrected chi connectivity index (χ0v) is 18.6. The van der Waals surface area contributed by atoms with E-state index in [1.807, 2.05) is 6.07 Å². The van der Waals surface area contributed by atoms with Crippen LogP contribution < -0.4 is 4.80 Å². The van der Waals surface area contributed by atoms with Crippen LogP contribution >= 0.6 is 11.3 Å². The van der Waals surface area contributed by atoms with E-state index in [2.05, 4.69) is 35.8 Å². The predicted octanol–water partition coefficient (Wildman–Crippen LogP) is 6.64. The van der Waals surface area contributed by atoms with Crippen molar-refractivity contribution in [2.75, 3.05) is 0 Å². The van der Waals surface area contributed by atoms with Crippen molar-refractivity contribution >= 4 is 34.4 Å². The highest BCUT2D eigenvalue weighted by molar-refractivity contribution is 7.10. The number of hydrogen-bond acceptors (Lipinski definition) is 4. The summed E-state index contributed by atoms with van der Waals surface area (Å²) < 4.78 is 2.16. The van der Waals surface area contributed by atoms with Crippen LogP contribution in [0.4, 0.5) is 5.69 Å². The quantitative estimate of drug-likeness (QED) is 0.593. The maximum absolute atomic E-state index is 11.3. The molecular weight excluding hydrogens is 390 g/mol. The minimum absolute atomic E-state index is 0.370. The number of para-hydroxylation sites is 1. The average Bonchev–Trinajstić information content (AvgIpc) is 3.26. The summed E-state index contributed by atoms with van der Waals surface area (Å²) in [5.74, 6) is 0.395. The fraction of sp³-hybridized carbons (Fsp3) is 0.520. The van der Waals surface area contributed by atoms with Crippen molar-refractivity contribution in [1.82, 2.24) is 4.57 Å². The van der Waals surface area contributed by atoms with Crippen molar-refractivity contribution in [2.24, 2.45) is 9.98 Å². The van der Waals surface area contributed by atoms with E-state index < -0.39 is 0 Å². The van der Waals surface area contributed by atoms with Gasteiger partial charge in [0.25, 0.3) is 0 Å². The number of fused-ring (bicyclic) bond motifs is 1. The minimum Gasteiger partial charge on any atom is -0.493 e. The lowest BCUT2D eigenvalue weighted by Crippen LogP contribution is -2.25. The molecule has 5 rings (SSSR count). The van der Waals surface area contributed by atoms with Crippen LogP contribution in [-0.4, -0.2) is 21.4 Å². The van der Waals surface area contributed by atoms with Crippen LogP contribution in [0.2, 0.25) is 0 Å². The number of hydrogen-bond donors (Lipinski definition) is 1. The number of nitrogens with zero attached hydrogens (tertiary/aromatic N) is 3. The number of allylic oxidation sites excluding steroid dienone is 1. The highest BCUT2D eigenvalue weighted by Crippen LogP contribution is 2.39. The van der Waals surface area contributed by atoms with E-state index in [4.69, 9.17) is 9.98 Å². The molecule has 1 N–H and O–H groups in total. The summed E-state index contributed by atoms with van der Waals surface area (Å²) in [6.07, 6.45) is 14.4. The Balaban J connectivity index is 1.59. The van der Waals surface area contributed by atoms with Gasteiger partial charge in [0.05, 0.1) is 16.6 Å². The summed E-state index contributed by atoms with van der Waals surface area (Å²) in [5, 5.41) is 11.3. The molecule has 1 aliphatic heterocycles. The molecule has 158 valence electrons. The van der Waals surface area contributed by atoms with Gasteiger partial charge >= 0.3 is 0 Å². The maximum Gasteiger partial charge on any atom is 0.211 e. The van der Waals surface area contributed by atoms with Crippen molar-refractivity contribution in [1.29, 1.82) is 0 Å². The molecule has 2 aliphatic carbocycles. The van der Waals surface area contributed by atoms with E-state index in [9.17, 15) is 5.11 Å². The maximum atomic E-state index is 11.3. The lowest BCUT2D eigenvalue weighted by molar-refractivity contribution is 0.304. The molecular formula is C25H31N3OS. The number of aromatic nitrogens is 1. The average molecular weight is 422 g/mol. The van der Waals surface area contributed by atoms with Crippen molar-refractivity contribution in [3.05, 3.63) is 39.5 Å². The Kier molecular flexibility index (Phi) is 5.64. The molecule has 0 bridgehead atoms. The number of thiazole rings is 1. The van der Waals surface area contributed by atoms with Crippen LogP contribution in [0.15, 0.2) is 34.3 Å². The molecule has 2 saturated carbocycles. The van der Waals surface area contributed by atoms with Gasteiger partial charge in [0.2, 0.25) is 5.88 Å². The molecule has 0 radical (unpaired) electrons. The highest BCUT2D eigenvalue weighted by Gasteiger charge is 2.24. The van der Waals surface area contributed by atoms with E-state index in [-0.39, 0.29) is 0 Å². The van der Waals surface area contributed by atoms with E-state index in [1.54, 1.807) is 11.3 Å². The van der Waals surface area contributed by atoms with Gasteiger partial charge in [-0.15, -0.1) is 0 Å². The van der Waals surface area contributed by atoms with Gasteiger partial charge in [0.15, 0.2) is 4.80 Å². The third kappa shape index (κ3) is 3.80. The third-order valence-electron chi connectivity index (χ3n) is 6.81. The second-order valence-corrected chi connectivity index (χ2v) is 9.94. The van der Waals surface area contributed by atoms with E-state index in [0.29, 0.717) is 18.0 Å². The first kappa shape index (κ1) is 19.8. The van der Waals surface area contributed by atoms with Gasteiger partial charge in [0, 0.05) is 22.9 Å². The van der Waals surface area contributed by atoms with E-state index in [1.165, 1.54) is 51.4 Å². The second kappa shape index (κ2) is 8.54. The number of aliphatic imine (C=N–C) groups is 1. The normalized spacial score (nSPS) is 22.5. The first-order valence-corrected chi connectivity index (χ1v) is 12.4. The fourth-order valence-corrected chi connectivity index (χ4v) is 6.27. The largest absolute Gasteiger partial charge is 0.493 e. The van der Waals surface area contributed by atoms with Crippen LogP contribution in [-0.2, 0) is 0 Å². The van der Waals surface area contributed by atoms with Crippen molar-refractivity contribution in [3.63, 3.8) is 0 Å². The fourth-order valence-electron chi connectivity index (χ4n) is 5.17. The zero-order chi connectivity index (χ0) is 20.5. The number of aromatic hydroxyl groups is 1. The van der Waals surface area contributed by atoms with Crippen LogP contribution in [0.5, 0.6) is 5.88 Å². The lowest BCUT2D eigenvalue weighted by atomic mass is 9.95. The Hall–Kier alpha value is -2.14. The first-order chi connectivity index (χ1) is 14.7. The summed E-state index contributed by atoms with van der Waals surface area (Å²) >= 11 is 1.65. The van der Waals surface area contributed by atoms with Crippen LogP contribution in [0.1, 0.15) is 87.6 Å². The summed E-state index contributed by atoms with van der Waals surface area (Å²) in [6, 6.07) is 9.03. The minimum atomic E-state index is 0.370.